The molecule has 0 bridgehead atoms. The summed E-state index contributed by atoms with van der Waals surface area (Å²) in [5.41, 5.74) is 3.31. The minimum absolute atomic E-state index is 0.0976. The molecule has 0 aliphatic carbocycles. The van der Waals surface area contributed by atoms with Crippen LogP contribution < -0.4 is 0 Å². The first-order chi connectivity index (χ1) is 13.9. The third-order valence-corrected chi connectivity index (χ3v) is 6.89. The highest BCUT2D eigenvalue weighted by atomic mass is 32.2. The molecule has 0 spiro atoms. The van der Waals surface area contributed by atoms with Gasteiger partial charge in [-0.3, -0.25) is 10.1 Å². The molecular weight excluding hydrogens is 392 g/mol. The van der Waals surface area contributed by atoms with Crippen molar-refractivity contribution < 1.29 is 17.6 Å². The van der Waals surface area contributed by atoms with Crippen molar-refractivity contribution in [1.29, 1.82) is 0 Å². The molecule has 9 heteroatoms. The molecule has 1 atom stereocenters. The van der Waals surface area contributed by atoms with Crippen molar-refractivity contribution in [3.8, 4) is 11.5 Å². The Kier molecular flexibility index (Phi) is 5.53. The van der Waals surface area contributed by atoms with Crippen LogP contribution in [0.15, 0.2) is 46.2 Å². The maximum atomic E-state index is 13.4. The lowest BCUT2D eigenvalue weighted by molar-refractivity contribution is 0.0922. The van der Waals surface area contributed by atoms with Gasteiger partial charge in [-0.1, -0.05) is 0 Å². The van der Waals surface area contributed by atoms with Crippen LogP contribution in [0.2, 0.25) is 0 Å². The summed E-state index contributed by atoms with van der Waals surface area (Å²) < 4.78 is 39.6. The molecule has 4 heterocycles. The van der Waals surface area contributed by atoms with E-state index in [9.17, 15) is 8.42 Å². The largest absolute Gasteiger partial charge is 0.442 e. The molecule has 0 aromatic carbocycles. The van der Waals surface area contributed by atoms with Crippen LogP contribution in [0, 0.1) is 13.8 Å². The molecule has 1 unspecified atom stereocenters. The summed E-state index contributed by atoms with van der Waals surface area (Å²) in [6.07, 6.45) is 4.98. The van der Waals surface area contributed by atoms with Gasteiger partial charge >= 0.3 is 0 Å². The van der Waals surface area contributed by atoms with Gasteiger partial charge < -0.3 is 9.15 Å². The lowest BCUT2D eigenvalue weighted by Crippen LogP contribution is -2.36. The Bertz CT molecular complexity index is 1070. The Morgan fingerprint density at radius 1 is 1.21 bits per heavy atom. The molecule has 1 aliphatic heterocycles. The molecule has 4 rings (SSSR count). The van der Waals surface area contributed by atoms with Gasteiger partial charge in [-0.25, -0.2) is 8.42 Å². The summed E-state index contributed by atoms with van der Waals surface area (Å²) in [4.78, 5) is 4.00. The van der Waals surface area contributed by atoms with Crippen LogP contribution in [0.3, 0.4) is 0 Å². The van der Waals surface area contributed by atoms with E-state index in [-0.39, 0.29) is 24.3 Å². The SMILES string of the molecule is Cc1[nH]nc(-c2ccc(S(=O)(=O)N(Cc3ccncc3)CC3CCCO3)o2)c1C. The molecule has 0 saturated carbocycles. The summed E-state index contributed by atoms with van der Waals surface area (Å²) in [6.45, 7) is 4.99. The Labute approximate surface area is 170 Å². The summed E-state index contributed by atoms with van der Waals surface area (Å²) >= 11 is 0. The second kappa shape index (κ2) is 8.10. The molecule has 1 N–H and O–H groups in total. The van der Waals surface area contributed by atoms with Crippen LogP contribution in [0.4, 0.5) is 0 Å². The van der Waals surface area contributed by atoms with E-state index in [1.54, 1.807) is 30.6 Å². The zero-order valence-electron chi connectivity index (χ0n) is 16.5. The highest BCUT2D eigenvalue weighted by Crippen LogP contribution is 2.29. The lowest BCUT2D eigenvalue weighted by Gasteiger charge is -2.23. The summed E-state index contributed by atoms with van der Waals surface area (Å²) in [7, 11) is -3.85. The fraction of sp³-hybridized carbons (Fsp3) is 0.400. The summed E-state index contributed by atoms with van der Waals surface area (Å²) in [5.74, 6) is 0.423. The number of furan rings is 1. The molecule has 154 valence electrons. The minimum atomic E-state index is -3.85. The predicted molar refractivity (Wildman–Crippen MR) is 107 cm³/mol. The fourth-order valence-corrected chi connectivity index (χ4v) is 4.76. The van der Waals surface area contributed by atoms with Gasteiger partial charge in [0.25, 0.3) is 10.0 Å². The molecule has 1 aliphatic rings. The Morgan fingerprint density at radius 3 is 2.66 bits per heavy atom. The molecular formula is C20H24N4O4S. The second-order valence-corrected chi connectivity index (χ2v) is 9.10. The van der Waals surface area contributed by atoms with Gasteiger partial charge in [-0.2, -0.15) is 9.40 Å². The number of aryl methyl sites for hydroxylation is 1. The normalized spacial score (nSPS) is 17.3. The number of H-pyrrole nitrogens is 1. The lowest BCUT2D eigenvalue weighted by atomic mass is 10.2. The van der Waals surface area contributed by atoms with Crippen molar-refractivity contribution in [2.75, 3.05) is 13.2 Å². The van der Waals surface area contributed by atoms with Gasteiger partial charge in [-0.15, -0.1) is 0 Å². The van der Waals surface area contributed by atoms with Crippen molar-refractivity contribution in [2.45, 2.75) is 44.4 Å². The van der Waals surface area contributed by atoms with Crippen molar-refractivity contribution in [3.63, 3.8) is 0 Å². The van der Waals surface area contributed by atoms with E-state index in [1.807, 2.05) is 13.8 Å². The number of ether oxygens (including phenoxy) is 1. The summed E-state index contributed by atoms with van der Waals surface area (Å²) in [6, 6.07) is 6.75. The first-order valence-corrected chi connectivity index (χ1v) is 11.0. The number of hydrogen-bond acceptors (Lipinski definition) is 6. The number of nitrogens with one attached hydrogen (secondary N) is 1. The van der Waals surface area contributed by atoms with Crippen molar-refractivity contribution in [1.82, 2.24) is 19.5 Å². The molecule has 3 aromatic rings. The van der Waals surface area contributed by atoms with E-state index in [0.29, 0.717) is 18.1 Å². The first-order valence-electron chi connectivity index (χ1n) is 9.57. The van der Waals surface area contributed by atoms with Crippen molar-refractivity contribution in [3.05, 3.63) is 53.5 Å². The smallest absolute Gasteiger partial charge is 0.276 e. The minimum Gasteiger partial charge on any atom is -0.442 e. The number of nitrogens with zero attached hydrogens (tertiary/aromatic N) is 3. The predicted octanol–water partition coefficient (Wildman–Crippen LogP) is 3.05. The molecule has 0 radical (unpaired) electrons. The number of hydrogen-bond donors (Lipinski definition) is 1. The van der Waals surface area contributed by atoms with E-state index in [0.717, 1.165) is 29.7 Å². The van der Waals surface area contributed by atoms with E-state index in [1.165, 1.54) is 10.4 Å². The zero-order valence-corrected chi connectivity index (χ0v) is 17.3. The summed E-state index contributed by atoms with van der Waals surface area (Å²) in [5, 5.41) is 7.02. The van der Waals surface area contributed by atoms with Gasteiger partial charge in [-0.05, 0) is 56.5 Å². The second-order valence-electron chi connectivity index (χ2n) is 7.23. The average Bonchev–Trinajstić information content (AvgIpc) is 3.45. The van der Waals surface area contributed by atoms with Crippen LogP contribution in [-0.4, -0.2) is 47.2 Å². The quantitative estimate of drug-likeness (QED) is 0.635. The maximum absolute atomic E-state index is 13.4. The Hall–Kier alpha value is -2.49. The van der Waals surface area contributed by atoms with Crippen LogP contribution >= 0.6 is 0 Å². The van der Waals surface area contributed by atoms with Gasteiger partial charge in [0.1, 0.15) is 5.69 Å². The third-order valence-electron chi connectivity index (χ3n) is 5.20. The van der Waals surface area contributed by atoms with Gasteiger partial charge in [0.15, 0.2) is 5.76 Å². The molecule has 8 nitrogen and oxygen atoms in total. The first kappa shape index (κ1) is 19.8. The van der Waals surface area contributed by atoms with Crippen LogP contribution in [-0.2, 0) is 21.3 Å². The maximum Gasteiger partial charge on any atom is 0.276 e. The standard InChI is InChI=1S/C20H24N4O4S/c1-14-15(2)22-23-20(14)18-5-6-19(28-18)29(25,26)24(13-17-4-3-11-27-17)12-16-7-9-21-10-8-16/h5-10,17H,3-4,11-13H2,1-2H3,(H,22,23). The van der Waals surface area contributed by atoms with E-state index < -0.39 is 10.0 Å². The number of sulfonamides is 1. The number of rotatable bonds is 7. The number of pyridine rings is 1. The monoisotopic (exact) mass is 416 g/mol. The highest BCUT2D eigenvalue weighted by molar-refractivity contribution is 7.89. The van der Waals surface area contributed by atoms with Gasteiger partial charge in [0.05, 0.1) is 6.10 Å². The van der Waals surface area contributed by atoms with Crippen LogP contribution in [0.5, 0.6) is 0 Å². The molecule has 0 amide bonds. The highest BCUT2D eigenvalue weighted by Gasteiger charge is 2.32. The number of aromatic amines is 1. The fourth-order valence-electron chi connectivity index (χ4n) is 3.39. The topological polar surface area (TPSA) is 101 Å². The van der Waals surface area contributed by atoms with Crippen molar-refractivity contribution >= 4 is 10.0 Å². The van der Waals surface area contributed by atoms with E-state index in [4.69, 9.17) is 9.15 Å². The Morgan fingerprint density at radius 2 is 2.00 bits per heavy atom. The van der Waals surface area contributed by atoms with Crippen molar-refractivity contribution in [2.24, 2.45) is 0 Å². The zero-order chi connectivity index (χ0) is 20.4. The van der Waals surface area contributed by atoms with E-state index >= 15 is 0 Å². The molecule has 3 aromatic heterocycles. The Balaban J connectivity index is 1.64. The van der Waals surface area contributed by atoms with Gasteiger partial charge in [0, 0.05) is 43.3 Å². The number of aromatic nitrogens is 3. The molecule has 29 heavy (non-hydrogen) atoms. The van der Waals surface area contributed by atoms with Crippen LogP contribution in [0.1, 0.15) is 29.7 Å². The molecule has 1 fully saturated rings. The third kappa shape index (κ3) is 4.12. The molecule has 1 saturated heterocycles. The average molecular weight is 417 g/mol. The van der Waals surface area contributed by atoms with Crippen LogP contribution in [0.25, 0.3) is 11.5 Å². The van der Waals surface area contributed by atoms with Gasteiger partial charge in [0.2, 0.25) is 5.09 Å². The van der Waals surface area contributed by atoms with E-state index in [2.05, 4.69) is 15.2 Å².